The molecule has 0 spiro atoms. The Labute approximate surface area is 111 Å². The summed E-state index contributed by atoms with van der Waals surface area (Å²) in [5.74, 6) is 0.502. The van der Waals surface area contributed by atoms with Crippen LogP contribution in [0.1, 0.15) is 18.2 Å². The number of nitrogens with zero attached hydrogens (tertiary/aromatic N) is 3. The molecule has 0 radical (unpaired) electrons. The number of aryl methyl sites for hydroxylation is 2. The average Bonchev–Trinajstić information content (AvgIpc) is 2.37. The van der Waals surface area contributed by atoms with Crippen molar-refractivity contribution in [2.45, 2.75) is 27.3 Å². The fourth-order valence-electron chi connectivity index (χ4n) is 2.07. The van der Waals surface area contributed by atoms with Crippen LogP contribution in [0.2, 0.25) is 0 Å². The van der Waals surface area contributed by atoms with Gasteiger partial charge in [0.1, 0.15) is 5.65 Å². The Morgan fingerprint density at radius 2 is 2.11 bits per heavy atom. The van der Waals surface area contributed by atoms with Crippen molar-refractivity contribution in [2.75, 3.05) is 18.5 Å². The van der Waals surface area contributed by atoms with Crippen LogP contribution in [0.15, 0.2) is 10.9 Å². The fourth-order valence-corrected chi connectivity index (χ4v) is 2.07. The molecule has 0 saturated carbocycles. The van der Waals surface area contributed by atoms with Gasteiger partial charge in [0, 0.05) is 17.5 Å². The summed E-state index contributed by atoms with van der Waals surface area (Å²) in [6, 6.07) is 1.80. The van der Waals surface area contributed by atoms with E-state index < -0.39 is 0 Å². The average molecular weight is 262 g/mol. The van der Waals surface area contributed by atoms with Crippen molar-refractivity contribution in [2.24, 2.45) is 0 Å². The summed E-state index contributed by atoms with van der Waals surface area (Å²) in [7, 11) is 0. The van der Waals surface area contributed by atoms with Crippen molar-refractivity contribution in [3.05, 3.63) is 27.7 Å². The fraction of sp³-hybridized carbons (Fsp3) is 0.462. The third-order valence-corrected chi connectivity index (χ3v) is 2.97. The maximum atomic E-state index is 12.1. The summed E-state index contributed by atoms with van der Waals surface area (Å²) >= 11 is 0. The van der Waals surface area contributed by atoms with Crippen LogP contribution in [0.4, 0.5) is 5.95 Å². The zero-order valence-electron chi connectivity index (χ0n) is 11.4. The van der Waals surface area contributed by atoms with E-state index in [9.17, 15) is 4.79 Å². The van der Waals surface area contributed by atoms with Crippen LogP contribution in [-0.4, -0.2) is 32.8 Å². The Kier molecular flexibility index (Phi) is 3.80. The van der Waals surface area contributed by atoms with Gasteiger partial charge in [-0.3, -0.25) is 9.36 Å². The largest absolute Gasteiger partial charge is 0.395 e. The monoisotopic (exact) mass is 262 g/mol. The molecular formula is C13H18N4O2. The first-order chi connectivity index (χ1) is 9.08. The van der Waals surface area contributed by atoms with Crippen molar-refractivity contribution < 1.29 is 5.11 Å². The van der Waals surface area contributed by atoms with E-state index in [1.54, 1.807) is 13.0 Å². The lowest BCUT2D eigenvalue weighted by molar-refractivity contribution is 0.276. The lowest BCUT2D eigenvalue weighted by Crippen LogP contribution is -2.25. The van der Waals surface area contributed by atoms with E-state index in [-0.39, 0.29) is 18.7 Å². The summed E-state index contributed by atoms with van der Waals surface area (Å²) in [5, 5.41) is 13.0. The molecule has 2 heterocycles. The Morgan fingerprint density at radius 3 is 2.74 bits per heavy atom. The number of aromatic nitrogens is 3. The second-order valence-electron chi connectivity index (χ2n) is 4.41. The van der Waals surface area contributed by atoms with Gasteiger partial charge in [0.15, 0.2) is 0 Å². The Morgan fingerprint density at radius 1 is 1.37 bits per heavy atom. The minimum atomic E-state index is -0.123. The number of rotatable bonds is 4. The van der Waals surface area contributed by atoms with Crippen LogP contribution < -0.4 is 10.9 Å². The highest BCUT2D eigenvalue weighted by molar-refractivity contribution is 5.79. The summed E-state index contributed by atoms with van der Waals surface area (Å²) in [6.07, 6.45) is 0. The number of pyridine rings is 1. The van der Waals surface area contributed by atoms with Crippen molar-refractivity contribution >= 4 is 17.0 Å². The summed E-state index contributed by atoms with van der Waals surface area (Å²) in [4.78, 5) is 20.9. The molecule has 0 aliphatic carbocycles. The van der Waals surface area contributed by atoms with Gasteiger partial charge in [-0.25, -0.2) is 4.98 Å². The highest BCUT2D eigenvalue weighted by Gasteiger charge is 2.11. The van der Waals surface area contributed by atoms with Gasteiger partial charge >= 0.3 is 0 Å². The maximum Gasteiger partial charge on any atom is 0.255 e. The first kappa shape index (κ1) is 13.5. The van der Waals surface area contributed by atoms with E-state index in [0.29, 0.717) is 23.7 Å². The van der Waals surface area contributed by atoms with Gasteiger partial charge in [-0.15, -0.1) is 0 Å². The third kappa shape index (κ3) is 2.44. The van der Waals surface area contributed by atoms with E-state index >= 15 is 0 Å². The van der Waals surface area contributed by atoms with E-state index in [0.717, 1.165) is 11.1 Å². The number of hydrogen-bond acceptors (Lipinski definition) is 5. The first-order valence-electron chi connectivity index (χ1n) is 6.32. The Bertz CT molecular complexity index is 664. The number of hydrogen-bond donors (Lipinski definition) is 2. The van der Waals surface area contributed by atoms with Crippen molar-refractivity contribution in [1.82, 2.24) is 14.5 Å². The second-order valence-corrected chi connectivity index (χ2v) is 4.41. The van der Waals surface area contributed by atoms with E-state index in [4.69, 9.17) is 5.11 Å². The SMILES string of the molecule is CCNc1nc(C)c2cc(C)c(=O)n(CCO)c2n1. The molecular weight excluding hydrogens is 244 g/mol. The molecule has 2 aromatic rings. The lowest BCUT2D eigenvalue weighted by atomic mass is 10.2. The highest BCUT2D eigenvalue weighted by atomic mass is 16.3. The molecule has 0 bridgehead atoms. The minimum Gasteiger partial charge on any atom is -0.395 e. The number of aliphatic hydroxyl groups excluding tert-OH is 1. The van der Waals surface area contributed by atoms with Crippen LogP contribution in [0.3, 0.4) is 0 Å². The highest BCUT2D eigenvalue weighted by Crippen LogP contribution is 2.16. The van der Waals surface area contributed by atoms with Gasteiger partial charge in [0.25, 0.3) is 5.56 Å². The summed E-state index contributed by atoms with van der Waals surface area (Å²) < 4.78 is 1.50. The minimum absolute atomic E-state index is 0.0992. The van der Waals surface area contributed by atoms with Gasteiger partial charge in [-0.05, 0) is 26.8 Å². The number of aliphatic hydroxyl groups is 1. The molecule has 0 aliphatic rings. The standard InChI is InChI=1S/C13H18N4O2/c1-4-14-13-15-9(3)10-7-8(2)12(19)17(5-6-18)11(10)16-13/h7,18H,4-6H2,1-3H3,(H,14,15,16). The molecule has 0 aliphatic heterocycles. The second kappa shape index (κ2) is 5.36. The van der Waals surface area contributed by atoms with Crippen molar-refractivity contribution in [1.29, 1.82) is 0 Å². The molecule has 0 atom stereocenters. The zero-order valence-corrected chi connectivity index (χ0v) is 11.4. The smallest absolute Gasteiger partial charge is 0.255 e. The molecule has 0 saturated heterocycles. The van der Waals surface area contributed by atoms with Crippen LogP contribution in [0.5, 0.6) is 0 Å². The topological polar surface area (TPSA) is 80.0 Å². The van der Waals surface area contributed by atoms with E-state index in [2.05, 4.69) is 15.3 Å². The molecule has 2 rings (SSSR count). The van der Waals surface area contributed by atoms with E-state index in [1.165, 1.54) is 4.57 Å². The third-order valence-electron chi connectivity index (χ3n) is 2.97. The molecule has 6 heteroatoms. The molecule has 2 N–H and O–H groups in total. The van der Waals surface area contributed by atoms with Crippen LogP contribution >= 0.6 is 0 Å². The van der Waals surface area contributed by atoms with Crippen molar-refractivity contribution in [3.63, 3.8) is 0 Å². The molecule has 0 amide bonds. The van der Waals surface area contributed by atoms with Crippen LogP contribution in [0.25, 0.3) is 11.0 Å². The molecule has 102 valence electrons. The van der Waals surface area contributed by atoms with Crippen LogP contribution in [-0.2, 0) is 6.54 Å². The lowest BCUT2D eigenvalue weighted by Gasteiger charge is -2.12. The predicted octanol–water partition coefficient (Wildman–Crippen LogP) is 0.832. The first-order valence-corrected chi connectivity index (χ1v) is 6.32. The Balaban J connectivity index is 2.80. The Hall–Kier alpha value is -1.95. The quantitative estimate of drug-likeness (QED) is 0.853. The maximum absolute atomic E-state index is 12.1. The number of fused-ring (bicyclic) bond motifs is 1. The summed E-state index contributed by atoms with van der Waals surface area (Å²) in [5.41, 5.74) is 1.88. The zero-order chi connectivity index (χ0) is 14.0. The molecule has 2 aromatic heterocycles. The number of anilines is 1. The van der Waals surface area contributed by atoms with Crippen LogP contribution in [0, 0.1) is 13.8 Å². The van der Waals surface area contributed by atoms with Gasteiger partial charge < -0.3 is 10.4 Å². The van der Waals surface area contributed by atoms with Gasteiger partial charge in [-0.1, -0.05) is 0 Å². The van der Waals surface area contributed by atoms with E-state index in [1.807, 2.05) is 13.8 Å². The normalized spacial score (nSPS) is 10.9. The van der Waals surface area contributed by atoms with Gasteiger partial charge in [0.05, 0.1) is 18.8 Å². The molecule has 19 heavy (non-hydrogen) atoms. The summed E-state index contributed by atoms with van der Waals surface area (Å²) in [6.45, 7) is 6.45. The predicted molar refractivity (Wildman–Crippen MR) is 74.5 cm³/mol. The van der Waals surface area contributed by atoms with Gasteiger partial charge in [-0.2, -0.15) is 4.98 Å². The molecule has 6 nitrogen and oxygen atoms in total. The molecule has 0 aromatic carbocycles. The molecule has 0 fully saturated rings. The molecule has 0 unspecified atom stereocenters. The van der Waals surface area contributed by atoms with Crippen molar-refractivity contribution in [3.8, 4) is 0 Å². The van der Waals surface area contributed by atoms with Gasteiger partial charge in [0.2, 0.25) is 5.95 Å². The number of nitrogens with one attached hydrogen (secondary N) is 1.